The summed E-state index contributed by atoms with van der Waals surface area (Å²) < 4.78 is 5.69. The molecule has 2 unspecified atom stereocenters. The monoisotopic (exact) mass is 199 g/mol. The van der Waals surface area contributed by atoms with Crippen LogP contribution in [0.5, 0.6) is 0 Å². The number of hydrogen-bond donors (Lipinski definition) is 1. The Labute approximate surface area is 88.4 Å². The van der Waals surface area contributed by atoms with Gasteiger partial charge in [-0.25, -0.2) is 0 Å². The van der Waals surface area contributed by atoms with E-state index in [0.29, 0.717) is 17.6 Å². The van der Waals surface area contributed by atoms with Gasteiger partial charge in [0.25, 0.3) is 0 Å². The number of ether oxygens (including phenoxy) is 1. The van der Waals surface area contributed by atoms with Gasteiger partial charge in [-0.05, 0) is 25.8 Å². The van der Waals surface area contributed by atoms with Crippen molar-refractivity contribution in [1.82, 2.24) is 5.32 Å². The third kappa shape index (κ3) is 2.48. The van der Waals surface area contributed by atoms with Crippen molar-refractivity contribution in [3.05, 3.63) is 0 Å². The fourth-order valence-electron chi connectivity index (χ4n) is 2.09. The molecule has 2 nitrogen and oxygen atoms in total. The van der Waals surface area contributed by atoms with Crippen LogP contribution in [0.25, 0.3) is 0 Å². The molecule has 0 aromatic rings. The lowest BCUT2D eigenvalue weighted by Gasteiger charge is -2.52. The van der Waals surface area contributed by atoms with Gasteiger partial charge in [-0.1, -0.05) is 27.7 Å². The molecule has 1 aliphatic rings. The van der Waals surface area contributed by atoms with Gasteiger partial charge in [0.2, 0.25) is 0 Å². The number of rotatable bonds is 5. The summed E-state index contributed by atoms with van der Waals surface area (Å²) in [5, 5.41) is 3.62. The summed E-state index contributed by atoms with van der Waals surface area (Å²) in [5.74, 6) is 0.733. The van der Waals surface area contributed by atoms with Crippen LogP contribution in [-0.2, 0) is 4.74 Å². The predicted molar refractivity (Wildman–Crippen MR) is 60.4 cm³/mol. The molecule has 1 saturated carbocycles. The molecule has 0 aromatic heterocycles. The topological polar surface area (TPSA) is 21.3 Å². The second-order valence-electron chi connectivity index (χ2n) is 5.36. The van der Waals surface area contributed by atoms with E-state index in [1.165, 1.54) is 6.42 Å². The maximum atomic E-state index is 5.69. The Morgan fingerprint density at radius 3 is 2.50 bits per heavy atom. The Morgan fingerprint density at radius 1 is 1.43 bits per heavy atom. The van der Waals surface area contributed by atoms with Gasteiger partial charge in [-0.3, -0.25) is 0 Å². The summed E-state index contributed by atoms with van der Waals surface area (Å²) in [6.07, 6.45) is 1.63. The molecule has 0 spiro atoms. The lowest BCUT2D eigenvalue weighted by Crippen LogP contribution is -2.61. The minimum absolute atomic E-state index is 0.310. The first kappa shape index (κ1) is 12.0. The zero-order valence-corrected chi connectivity index (χ0v) is 10.3. The van der Waals surface area contributed by atoms with Gasteiger partial charge < -0.3 is 10.1 Å². The quantitative estimate of drug-likeness (QED) is 0.734. The molecule has 84 valence electrons. The molecule has 0 aromatic carbocycles. The standard InChI is InChI=1S/C12H25NO/c1-6-14-11-7-10(12(11,4)5)13-8-9(2)3/h9-11,13H,6-8H2,1-5H3. The van der Waals surface area contributed by atoms with Crippen LogP contribution in [0.4, 0.5) is 0 Å². The van der Waals surface area contributed by atoms with Crippen LogP contribution >= 0.6 is 0 Å². The molecule has 0 radical (unpaired) electrons. The average molecular weight is 199 g/mol. The molecule has 0 bridgehead atoms. The third-order valence-corrected chi connectivity index (χ3v) is 3.32. The van der Waals surface area contributed by atoms with E-state index in [1.807, 2.05) is 0 Å². The van der Waals surface area contributed by atoms with Crippen LogP contribution in [0.3, 0.4) is 0 Å². The van der Waals surface area contributed by atoms with Gasteiger partial charge in [0, 0.05) is 18.1 Å². The van der Waals surface area contributed by atoms with Crippen molar-refractivity contribution in [2.45, 2.75) is 53.2 Å². The minimum atomic E-state index is 0.310. The van der Waals surface area contributed by atoms with Crippen LogP contribution in [-0.4, -0.2) is 25.3 Å². The van der Waals surface area contributed by atoms with Crippen molar-refractivity contribution in [3.8, 4) is 0 Å². The van der Waals surface area contributed by atoms with Crippen molar-refractivity contribution < 1.29 is 4.74 Å². The predicted octanol–water partition coefficient (Wildman–Crippen LogP) is 2.44. The molecule has 0 heterocycles. The molecule has 0 aliphatic heterocycles. The van der Waals surface area contributed by atoms with E-state index in [1.54, 1.807) is 0 Å². The Hall–Kier alpha value is -0.0800. The van der Waals surface area contributed by atoms with E-state index in [2.05, 4.69) is 39.9 Å². The Morgan fingerprint density at radius 2 is 2.07 bits per heavy atom. The van der Waals surface area contributed by atoms with E-state index in [9.17, 15) is 0 Å². The SMILES string of the molecule is CCOC1CC(NCC(C)C)C1(C)C. The highest BCUT2D eigenvalue weighted by atomic mass is 16.5. The van der Waals surface area contributed by atoms with Crippen LogP contribution in [0, 0.1) is 11.3 Å². The van der Waals surface area contributed by atoms with Crippen LogP contribution in [0.2, 0.25) is 0 Å². The van der Waals surface area contributed by atoms with Gasteiger partial charge in [-0.2, -0.15) is 0 Å². The Kier molecular flexibility index (Phi) is 3.96. The number of hydrogen-bond acceptors (Lipinski definition) is 2. The molecule has 1 N–H and O–H groups in total. The largest absolute Gasteiger partial charge is 0.378 e. The summed E-state index contributed by atoms with van der Waals surface area (Å²) in [4.78, 5) is 0. The Balaban J connectivity index is 2.31. The van der Waals surface area contributed by atoms with E-state index in [4.69, 9.17) is 4.74 Å². The molecular formula is C12H25NO. The normalized spacial score (nSPS) is 30.4. The van der Waals surface area contributed by atoms with Crippen LogP contribution in [0.1, 0.15) is 41.0 Å². The van der Waals surface area contributed by atoms with Gasteiger partial charge in [-0.15, -0.1) is 0 Å². The second kappa shape index (κ2) is 4.63. The Bertz CT molecular complexity index is 177. The molecule has 0 saturated heterocycles. The molecule has 14 heavy (non-hydrogen) atoms. The van der Waals surface area contributed by atoms with Crippen molar-refractivity contribution in [2.75, 3.05) is 13.2 Å². The lowest BCUT2D eigenvalue weighted by molar-refractivity contribution is -0.114. The second-order valence-corrected chi connectivity index (χ2v) is 5.36. The molecule has 1 rings (SSSR count). The maximum absolute atomic E-state index is 5.69. The third-order valence-electron chi connectivity index (χ3n) is 3.32. The van der Waals surface area contributed by atoms with Crippen molar-refractivity contribution in [3.63, 3.8) is 0 Å². The van der Waals surface area contributed by atoms with Crippen molar-refractivity contribution in [2.24, 2.45) is 11.3 Å². The van der Waals surface area contributed by atoms with E-state index in [-0.39, 0.29) is 0 Å². The fourth-order valence-corrected chi connectivity index (χ4v) is 2.09. The molecule has 1 aliphatic carbocycles. The highest BCUT2D eigenvalue weighted by Crippen LogP contribution is 2.42. The maximum Gasteiger partial charge on any atom is 0.0655 e. The first-order chi connectivity index (χ1) is 6.48. The minimum Gasteiger partial charge on any atom is -0.378 e. The zero-order valence-electron chi connectivity index (χ0n) is 10.3. The fraction of sp³-hybridized carbons (Fsp3) is 1.00. The molecule has 1 fully saturated rings. The first-order valence-corrected chi connectivity index (χ1v) is 5.83. The zero-order chi connectivity index (χ0) is 10.8. The molecular weight excluding hydrogens is 174 g/mol. The van der Waals surface area contributed by atoms with Crippen molar-refractivity contribution >= 4 is 0 Å². The lowest BCUT2D eigenvalue weighted by atomic mass is 9.64. The van der Waals surface area contributed by atoms with Crippen molar-refractivity contribution in [1.29, 1.82) is 0 Å². The first-order valence-electron chi connectivity index (χ1n) is 5.83. The van der Waals surface area contributed by atoms with E-state index < -0.39 is 0 Å². The van der Waals surface area contributed by atoms with Gasteiger partial charge in [0.15, 0.2) is 0 Å². The van der Waals surface area contributed by atoms with E-state index >= 15 is 0 Å². The average Bonchev–Trinajstić information content (AvgIpc) is 2.09. The summed E-state index contributed by atoms with van der Waals surface area (Å²) in [6, 6.07) is 0.640. The molecule has 0 amide bonds. The number of nitrogens with one attached hydrogen (secondary N) is 1. The highest BCUT2D eigenvalue weighted by Gasteiger charge is 2.48. The molecule has 2 heteroatoms. The summed E-state index contributed by atoms with van der Waals surface area (Å²) in [7, 11) is 0. The van der Waals surface area contributed by atoms with Gasteiger partial charge in [0.1, 0.15) is 0 Å². The van der Waals surface area contributed by atoms with Gasteiger partial charge in [0.05, 0.1) is 6.10 Å². The van der Waals surface area contributed by atoms with E-state index in [0.717, 1.165) is 19.1 Å². The molecule has 2 atom stereocenters. The highest BCUT2D eigenvalue weighted by molar-refractivity contribution is 5.02. The summed E-state index contributed by atoms with van der Waals surface area (Å²) in [5.41, 5.74) is 0.310. The van der Waals surface area contributed by atoms with Crippen LogP contribution in [0.15, 0.2) is 0 Å². The smallest absolute Gasteiger partial charge is 0.0655 e. The summed E-state index contributed by atoms with van der Waals surface area (Å²) in [6.45, 7) is 13.1. The summed E-state index contributed by atoms with van der Waals surface area (Å²) >= 11 is 0. The van der Waals surface area contributed by atoms with Gasteiger partial charge >= 0.3 is 0 Å². The van der Waals surface area contributed by atoms with Crippen LogP contribution < -0.4 is 5.32 Å².